The molecule has 1 aliphatic rings. The average Bonchev–Trinajstić information content (AvgIpc) is 2.86. The average molecular weight is 200 g/mol. The molecule has 82 valence electrons. The molecule has 0 heterocycles. The summed E-state index contributed by atoms with van der Waals surface area (Å²) in [6, 6.07) is 0.569. The van der Waals surface area contributed by atoms with Crippen LogP contribution in [-0.2, 0) is 9.53 Å². The third kappa shape index (κ3) is 4.58. The molecule has 2 unspecified atom stereocenters. The highest BCUT2D eigenvalue weighted by molar-refractivity contribution is 5.78. The van der Waals surface area contributed by atoms with Crippen molar-refractivity contribution >= 4 is 5.91 Å². The molecule has 2 atom stereocenters. The Morgan fingerprint density at radius 2 is 2.29 bits per heavy atom. The van der Waals surface area contributed by atoms with Gasteiger partial charge in [0.05, 0.1) is 6.54 Å². The second-order valence-corrected chi connectivity index (χ2v) is 3.90. The molecule has 14 heavy (non-hydrogen) atoms. The van der Waals surface area contributed by atoms with Gasteiger partial charge in [0.15, 0.2) is 0 Å². The summed E-state index contributed by atoms with van der Waals surface area (Å²) in [5, 5.41) is 6.04. The van der Waals surface area contributed by atoms with Crippen LogP contribution in [0.5, 0.6) is 0 Å². The van der Waals surface area contributed by atoms with Gasteiger partial charge in [0.1, 0.15) is 0 Å². The van der Waals surface area contributed by atoms with E-state index < -0.39 is 0 Å². The Bertz CT molecular complexity index is 185. The molecule has 4 heteroatoms. The van der Waals surface area contributed by atoms with Crippen molar-refractivity contribution in [3.05, 3.63) is 0 Å². The molecular weight excluding hydrogens is 180 g/mol. The van der Waals surface area contributed by atoms with E-state index in [4.69, 9.17) is 4.74 Å². The molecular formula is C10H20N2O2. The van der Waals surface area contributed by atoms with E-state index in [0.717, 1.165) is 12.3 Å². The van der Waals surface area contributed by atoms with E-state index in [1.54, 1.807) is 7.11 Å². The molecule has 1 saturated carbocycles. The van der Waals surface area contributed by atoms with Crippen LogP contribution in [0, 0.1) is 5.92 Å². The molecule has 0 spiro atoms. The third-order valence-corrected chi connectivity index (χ3v) is 2.48. The van der Waals surface area contributed by atoms with Gasteiger partial charge >= 0.3 is 0 Å². The Labute approximate surface area is 85.4 Å². The Morgan fingerprint density at radius 3 is 2.86 bits per heavy atom. The SMILES string of the molecule is COCCCNC(=O)CNC1CC1C. The maximum atomic E-state index is 11.2. The highest BCUT2D eigenvalue weighted by Gasteiger charge is 2.31. The minimum Gasteiger partial charge on any atom is -0.385 e. The standard InChI is InChI=1S/C10H20N2O2/c1-8-6-9(8)12-7-10(13)11-4-3-5-14-2/h8-9,12H,3-7H2,1-2H3,(H,11,13). The number of rotatable bonds is 7. The first-order valence-electron chi connectivity index (χ1n) is 5.23. The van der Waals surface area contributed by atoms with Gasteiger partial charge in [-0.1, -0.05) is 6.92 Å². The zero-order valence-electron chi connectivity index (χ0n) is 9.01. The van der Waals surface area contributed by atoms with Crippen molar-refractivity contribution in [2.45, 2.75) is 25.8 Å². The minimum absolute atomic E-state index is 0.0835. The first-order valence-corrected chi connectivity index (χ1v) is 5.23. The number of methoxy groups -OCH3 is 1. The smallest absolute Gasteiger partial charge is 0.233 e. The molecule has 1 rings (SSSR count). The van der Waals surface area contributed by atoms with Crippen LogP contribution in [0.1, 0.15) is 19.8 Å². The summed E-state index contributed by atoms with van der Waals surface area (Å²) < 4.78 is 4.88. The van der Waals surface area contributed by atoms with Crippen molar-refractivity contribution in [1.82, 2.24) is 10.6 Å². The molecule has 0 saturated heterocycles. The highest BCUT2D eigenvalue weighted by Crippen LogP contribution is 2.28. The first-order chi connectivity index (χ1) is 6.74. The van der Waals surface area contributed by atoms with E-state index >= 15 is 0 Å². The molecule has 1 fully saturated rings. The van der Waals surface area contributed by atoms with E-state index in [-0.39, 0.29) is 5.91 Å². The number of nitrogens with one attached hydrogen (secondary N) is 2. The number of amides is 1. The van der Waals surface area contributed by atoms with E-state index in [1.165, 1.54) is 6.42 Å². The van der Waals surface area contributed by atoms with Crippen molar-refractivity contribution in [2.24, 2.45) is 5.92 Å². The number of carbonyl (C=O) groups is 1. The van der Waals surface area contributed by atoms with E-state index in [2.05, 4.69) is 17.6 Å². The van der Waals surface area contributed by atoms with Gasteiger partial charge in [0, 0.05) is 26.3 Å². The summed E-state index contributed by atoms with van der Waals surface area (Å²) >= 11 is 0. The largest absolute Gasteiger partial charge is 0.385 e. The van der Waals surface area contributed by atoms with Gasteiger partial charge in [0.2, 0.25) is 5.91 Å². The molecule has 0 aromatic carbocycles. The van der Waals surface area contributed by atoms with Gasteiger partial charge in [-0.25, -0.2) is 0 Å². The van der Waals surface area contributed by atoms with Gasteiger partial charge in [0.25, 0.3) is 0 Å². The number of hydrogen-bond acceptors (Lipinski definition) is 3. The lowest BCUT2D eigenvalue weighted by molar-refractivity contribution is -0.120. The Balaban J connectivity index is 1.88. The maximum absolute atomic E-state index is 11.2. The molecule has 4 nitrogen and oxygen atoms in total. The number of hydrogen-bond donors (Lipinski definition) is 2. The van der Waals surface area contributed by atoms with Gasteiger partial charge in [-0.15, -0.1) is 0 Å². The lowest BCUT2D eigenvalue weighted by Crippen LogP contribution is -2.35. The van der Waals surface area contributed by atoms with E-state index in [0.29, 0.717) is 25.7 Å². The van der Waals surface area contributed by atoms with Crippen molar-refractivity contribution in [1.29, 1.82) is 0 Å². The lowest BCUT2D eigenvalue weighted by Gasteiger charge is -2.05. The molecule has 1 amide bonds. The van der Waals surface area contributed by atoms with Gasteiger partial charge < -0.3 is 15.4 Å². The van der Waals surface area contributed by atoms with Crippen LogP contribution < -0.4 is 10.6 Å². The zero-order chi connectivity index (χ0) is 10.4. The van der Waals surface area contributed by atoms with Crippen molar-refractivity contribution in [2.75, 3.05) is 26.8 Å². The lowest BCUT2D eigenvalue weighted by atomic mass is 10.4. The fraction of sp³-hybridized carbons (Fsp3) is 0.900. The van der Waals surface area contributed by atoms with Crippen LogP contribution in [0.4, 0.5) is 0 Å². The summed E-state index contributed by atoms with van der Waals surface area (Å²) in [5.41, 5.74) is 0. The summed E-state index contributed by atoms with van der Waals surface area (Å²) in [6.07, 6.45) is 2.08. The van der Waals surface area contributed by atoms with E-state index in [9.17, 15) is 4.79 Å². The predicted octanol–water partition coefficient (Wildman–Crippen LogP) is 0.137. The number of ether oxygens (including phenoxy) is 1. The molecule has 1 aliphatic carbocycles. The minimum atomic E-state index is 0.0835. The van der Waals surface area contributed by atoms with Gasteiger partial charge in [-0.2, -0.15) is 0 Å². The van der Waals surface area contributed by atoms with Crippen molar-refractivity contribution < 1.29 is 9.53 Å². The van der Waals surface area contributed by atoms with Crippen LogP contribution in [0.3, 0.4) is 0 Å². The van der Waals surface area contributed by atoms with Crippen molar-refractivity contribution in [3.63, 3.8) is 0 Å². The van der Waals surface area contributed by atoms with Crippen LogP contribution in [-0.4, -0.2) is 38.8 Å². The Hall–Kier alpha value is -0.610. The summed E-state index contributed by atoms with van der Waals surface area (Å²) in [6.45, 7) is 4.04. The summed E-state index contributed by atoms with van der Waals surface area (Å²) in [7, 11) is 1.66. The van der Waals surface area contributed by atoms with Crippen molar-refractivity contribution in [3.8, 4) is 0 Å². The molecule has 0 aromatic heterocycles. The topological polar surface area (TPSA) is 50.4 Å². The molecule has 0 aromatic rings. The molecule has 2 N–H and O–H groups in total. The quantitative estimate of drug-likeness (QED) is 0.575. The monoisotopic (exact) mass is 200 g/mol. The zero-order valence-corrected chi connectivity index (χ0v) is 9.01. The molecule has 0 bridgehead atoms. The summed E-state index contributed by atoms with van der Waals surface area (Å²) in [4.78, 5) is 11.2. The van der Waals surface area contributed by atoms with Crippen LogP contribution in [0.15, 0.2) is 0 Å². The summed E-state index contributed by atoms with van der Waals surface area (Å²) in [5.74, 6) is 0.830. The van der Waals surface area contributed by atoms with Crippen LogP contribution >= 0.6 is 0 Å². The number of carbonyl (C=O) groups excluding carboxylic acids is 1. The maximum Gasteiger partial charge on any atom is 0.233 e. The third-order valence-electron chi connectivity index (χ3n) is 2.48. The van der Waals surface area contributed by atoms with Gasteiger partial charge in [-0.05, 0) is 18.8 Å². The second-order valence-electron chi connectivity index (χ2n) is 3.90. The predicted molar refractivity (Wildman–Crippen MR) is 55.1 cm³/mol. The normalized spacial score (nSPS) is 24.7. The Kier molecular flexibility index (Phi) is 4.90. The highest BCUT2D eigenvalue weighted by atomic mass is 16.5. The molecule has 0 aliphatic heterocycles. The Morgan fingerprint density at radius 1 is 1.57 bits per heavy atom. The van der Waals surface area contributed by atoms with E-state index in [1.807, 2.05) is 0 Å². The van der Waals surface area contributed by atoms with Gasteiger partial charge in [-0.3, -0.25) is 4.79 Å². The molecule has 0 radical (unpaired) electrons. The second kappa shape index (κ2) is 5.98. The fourth-order valence-corrected chi connectivity index (χ4v) is 1.34. The van der Waals surface area contributed by atoms with Crippen LogP contribution in [0.2, 0.25) is 0 Å². The fourth-order valence-electron chi connectivity index (χ4n) is 1.34. The van der Waals surface area contributed by atoms with Crippen LogP contribution in [0.25, 0.3) is 0 Å². The first kappa shape index (κ1) is 11.5.